The molecule has 36 heavy (non-hydrogen) atoms. The molecule has 1 heterocycles. The second-order valence-corrected chi connectivity index (χ2v) is 7.95. The van der Waals surface area contributed by atoms with Gasteiger partial charge in [0.25, 0.3) is 5.91 Å². The molecule has 4 aromatic rings. The van der Waals surface area contributed by atoms with Crippen LogP contribution in [0.1, 0.15) is 27.7 Å². The third kappa shape index (κ3) is 5.85. The van der Waals surface area contributed by atoms with Crippen LogP contribution in [-0.4, -0.2) is 38.9 Å². The quantitative estimate of drug-likeness (QED) is 0.299. The number of ether oxygens (including phenoxy) is 1. The molecule has 8 nitrogen and oxygen atoms in total. The summed E-state index contributed by atoms with van der Waals surface area (Å²) < 4.78 is 5.79. The molecular weight excluding hydrogens is 458 g/mol. The summed E-state index contributed by atoms with van der Waals surface area (Å²) >= 11 is 0. The van der Waals surface area contributed by atoms with Crippen molar-refractivity contribution in [3.63, 3.8) is 0 Å². The number of aromatic nitrogens is 1. The smallest absolute Gasteiger partial charge is 0.255 e. The zero-order valence-electron chi connectivity index (χ0n) is 19.1. The third-order valence-electron chi connectivity index (χ3n) is 5.43. The normalized spacial score (nSPS) is 12.2. The lowest BCUT2D eigenvalue weighted by Crippen LogP contribution is -2.35. The molecular formula is C28H23N3O5. The summed E-state index contributed by atoms with van der Waals surface area (Å²) in [7, 11) is 0. The molecule has 1 amide bonds. The predicted octanol–water partition coefficient (Wildman–Crippen LogP) is 3.94. The Morgan fingerprint density at radius 1 is 0.917 bits per heavy atom. The number of aromatic hydroxyl groups is 1. The average Bonchev–Trinajstić information content (AvgIpc) is 2.92. The number of nitrogens with zero attached hydrogens (tertiary/aromatic N) is 2. The summed E-state index contributed by atoms with van der Waals surface area (Å²) in [5, 5.41) is 42.2. The number of carbonyl (C=O) groups is 1. The van der Waals surface area contributed by atoms with Gasteiger partial charge in [-0.1, -0.05) is 18.2 Å². The van der Waals surface area contributed by atoms with Crippen LogP contribution < -0.4 is 10.1 Å². The van der Waals surface area contributed by atoms with Crippen LogP contribution in [0.15, 0.2) is 91.0 Å². The van der Waals surface area contributed by atoms with Crippen molar-refractivity contribution in [2.45, 2.75) is 12.2 Å². The number of carbonyl (C=O) groups excluding carboxylic acids is 1. The van der Waals surface area contributed by atoms with Crippen LogP contribution in [0.2, 0.25) is 0 Å². The minimum absolute atomic E-state index is 0.0749. The van der Waals surface area contributed by atoms with Crippen LogP contribution >= 0.6 is 0 Å². The Bertz CT molecular complexity index is 1380. The van der Waals surface area contributed by atoms with Crippen LogP contribution in [0, 0.1) is 11.3 Å². The highest BCUT2D eigenvalue weighted by Gasteiger charge is 2.21. The molecule has 1 aromatic heterocycles. The van der Waals surface area contributed by atoms with Crippen molar-refractivity contribution in [3.8, 4) is 34.6 Å². The molecule has 2 unspecified atom stereocenters. The zero-order chi connectivity index (χ0) is 25.5. The maximum atomic E-state index is 12.2. The second kappa shape index (κ2) is 11.1. The standard InChI is InChI=1S/C28H23N3O5/c29-16-18-8-12-20(13-9-18)36-21-14-10-19(11-15-21)23-5-3-6-24(31-23)27(34)26(33)17-30-28(35)22-4-1-2-7-25(22)32/h1-15,26-27,32-34H,17H2,(H,30,35). The van der Waals surface area contributed by atoms with E-state index in [-0.39, 0.29) is 23.6 Å². The van der Waals surface area contributed by atoms with Gasteiger partial charge < -0.3 is 25.4 Å². The highest BCUT2D eigenvalue weighted by atomic mass is 16.5. The third-order valence-corrected chi connectivity index (χ3v) is 5.43. The van der Waals surface area contributed by atoms with Crippen molar-refractivity contribution in [2.75, 3.05) is 6.54 Å². The molecule has 0 aliphatic heterocycles. The monoisotopic (exact) mass is 481 g/mol. The molecule has 0 fully saturated rings. The molecule has 180 valence electrons. The number of pyridine rings is 1. The molecule has 0 spiro atoms. The molecule has 0 saturated heterocycles. The number of hydrogen-bond acceptors (Lipinski definition) is 7. The topological polar surface area (TPSA) is 136 Å². The Balaban J connectivity index is 1.39. The summed E-state index contributed by atoms with van der Waals surface area (Å²) in [6.45, 7) is -0.234. The van der Waals surface area contributed by atoms with Gasteiger partial charge in [0.05, 0.1) is 28.6 Å². The van der Waals surface area contributed by atoms with Crippen molar-refractivity contribution >= 4 is 5.91 Å². The first-order valence-corrected chi connectivity index (χ1v) is 11.1. The fraction of sp³-hybridized carbons (Fsp3) is 0.107. The second-order valence-electron chi connectivity index (χ2n) is 7.95. The molecule has 0 bridgehead atoms. The Morgan fingerprint density at radius 2 is 1.58 bits per heavy atom. The van der Waals surface area contributed by atoms with Crippen molar-refractivity contribution < 1.29 is 24.9 Å². The number of amides is 1. The number of para-hydroxylation sites is 1. The van der Waals surface area contributed by atoms with Gasteiger partial charge in [-0.25, -0.2) is 4.98 Å². The van der Waals surface area contributed by atoms with Crippen LogP contribution in [0.5, 0.6) is 17.2 Å². The Labute approximate surface area is 207 Å². The first kappa shape index (κ1) is 24.4. The number of hydrogen-bond donors (Lipinski definition) is 4. The number of nitriles is 1. The Kier molecular flexibility index (Phi) is 7.56. The molecule has 0 aliphatic rings. The number of nitrogens with one attached hydrogen (secondary N) is 1. The molecule has 3 aromatic carbocycles. The minimum atomic E-state index is -1.34. The fourth-order valence-electron chi connectivity index (χ4n) is 3.47. The van der Waals surface area contributed by atoms with Gasteiger partial charge in [0.2, 0.25) is 0 Å². The van der Waals surface area contributed by atoms with Crippen LogP contribution in [0.25, 0.3) is 11.3 Å². The van der Waals surface area contributed by atoms with E-state index < -0.39 is 18.1 Å². The van der Waals surface area contributed by atoms with Crippen LogP contribution in [-0.2, 0) is 0 Å². The first-order chi connectivity index (χ1) is 17.4. The summed E-state index contributed by atoms with van der Waals surface area (Å²) in [6.07, 6.45) is -2.65. The van der Waals surface area contributed by atoms with Crippen LogP contribution in [0.4, 0.5) is 0 Å². The Morgan fingerprint density at radius 3 is 2.25 bits per heavy atom. The van der Waals surface area contributed by atoms with Crippen molar-refractivity contribution in [1.82, 2.24) is 10.3 Å². The first-order valence-electron chi connectivity index (χ1n) is 11.1. The van der Waals surface area contributed by atoms with Crippen LogP contribution in [0.3, 0.4) is 0 Å². The zero-order valence-corrected chi connectivity index (χ0v) is 19.1. The molecule has 2 atom stereocenters. The predicted molar refractivity (Wildman–Crippen MR) is 132 cm³/mol. The van der Waals surface area contributed by atoms with E-state index in [1.54, 1.807) is 66.7 Å². The molecule has 4 N–H and O–H groups in total. The lowest BCUT2D eigenvalue weighted by atomic mass is 10.1. The molecule has 4 rings (SSSR count). The summed E-state index contributed by atoms with van der Waals surface area (Å²) in [5.74, 6) is 0.473. The number of rotatable bonds is 8. The lowest BCUT2D eigenvalue weighted by Gasteiger charge is -2.18. The molecule has 0 aliphatic carbocycles. The van der Waals surface area contributed by atoms with Gasteiger partial charge in [0.1, 0.15) is 29.5 Å². The largest absolute Gasteiger partial charge is 0.507 e. The van der Waals surface area contributed by atoms with E-state index >= 15 is 0 Å². The number of aliphatic hydroxyl groups is 2. The van der Waals surface area contributed by atoms with E-state index in [1.165, 1.54) is 12.1 Å². The van der Waals surface area contributed by atoms with Gasteiger partial charge in [-0.2, -0.15) is 5.26 Å². The van der Waals surface area contributed by atoms with Crippen molar-refractivity contribution in [3.05, 3.63) is 108 Å². The summed E-state index contributed by atoms with van der Waals surface area (Å²) in [6, 6.07) is 27.2. The van der Waals surface area contributed by atoms with E-state index in [0.717, 1.165) is 5.56 Å². The SMILES string of the molecule is N#Cc1ccc(Oc2ccc(-c3cccc(C(O)C(O)CNC(=O)c4ccccc4O)n3)cc2)cc1. The minimum Gasteiger partial charge on any atom is -0.507 e. The fourth-order valence-corrected chi connectivity index (χ4v) is 3.47. The van der Waals surface area contributed by atoms with E-state index in [2.05, 4.69) is 16.4 Å². The number of phenols is 1. The average molecular weight is 482 g/mol. The number of benzene rings is 3. The highest BCUT2D eigenvalue weighted by molar-refractivity contribution is 5.96. The molecule has 0 radical (unpaired) electrons. The number of aliphatic hydroxyl groups excluding tert-OH is 2. The maximum Gasteiger partial charge on any atom is 0.255 e. The van der Waals surface area contributed by atoms with Crippen molar-refractivity contribution in [1.29, 1.82) is 5.26 Å². The lowest BCUT2D eigenvalue weighted by molar-refractivity contribution is 0.0167. The van der Waals surface area contributed by atoms with E-state index in [1.807, 2.05) is 12.1 Å². The van der Waals surface area contributed by atoms with Gasteiger partial charge >= 0.3 is 0 Å². The van der Waals surface area contributed by atoms with E-state index in [4.69, 9.17) is 10.00 Å². The highest BCUT2D eigenvalue weighted by Crippen LogP contribution is 2.26. The van der Waals surface area contributed by atoms with Gasteiger partial charge in [0.15, 0.2) is 0 Å². The number of phenolic OH excluding ortho intramolecular Hbond substituents is 1. The van der Waals surface area contributed by atoms with Gasteiger partial charge in [0, 0.05) is 12.1 Å². The van der Waals surface area contributed by atoms with Crippen molar-refractivity contribution in [2.24, 2.45) is 0 Å². The maximum absolute atomic E-state index is 12.2. The molecule has 0 saturated carbocycles. The summed E-state index contributed by atoms with van der Waals surface area (Å²) in [5.41, 5.74) is 2.23. The van der Waals surface area contributed by atoms with E-state index in [0.29, 0.717) is 22.8 Å². The van der Waals surface area contributed by atoms with Gasteiger partial charge in [-0.3, -0.25) is 4.79 Å². The van der Waals surface area contributed by atoms with Gasteiger partial charge in [-0.05, 0) is 72.8 Å². The van der Waals surface area contributed by atoms with E-state index in [9.17, 15) is 20.1 Å². The van der Waals surface area contributed by atoms with Gasteiger partial charge in [-0.15, -0.1) is 0 Å². The Hall–Kier alpha value is -4.71. The summed E-state index contributed by atoms with van der Waals surface area (Å²) in [4.78, 5) is 16.7. The molecule has 8 heteroatoms.